The van der Waals surface area contributed by atoms with Crippen LogP contribution >= 0.6 is 34.8 Å². The molecule has 0 heterocycles. The SMILES string of the molecule is COc1ccc(C(N)Cl)c(Cl)c1Cl. The van der Waals surface area contributed by atoms with E-state index in [9.17, 15) is 0 Å². The fourth-order valence-electron chi connectivity index (χ4n) is 0.917. The van der Waals surface area contributed by atoms with Gasteiger partial charge in [0.1, 0.15) is 16.3 Å². The van der Waals surface area contributed by atoms with E-state index in [0.29, 0.717) is 21.4 Å². The number of hydrogen-bond acceptors (Lipinski definition) is 2. The van der Waals surface area contributed by atoms with E-state index >= 15 is 0 Å². The van der Waals surface area contributed by atoms with Crippen molar-refractivity contribution in [2.24, 2.45) is 5.73 Å². The largest absolute Gasteiger partial charge is 0.495 e. The lowest BCUT2D eigenvalue weighted by atomic mass is 10.2. The molecule has 0 bridgehead atoms. The van der Waals surface area contributed by atoms with Crippen molar-refractivity contribution in [2.45, 2.75) is 5.50 Å². The number of ether oxygens (including phenoxy) is 1. The number of alkyl halides is 1. The summed E-state index contributed by atoms with van der Waals surface area (Å²) in [5.74, 6) is 0.507. The Labute approximate surface area is 91.5 Å². The van der Waals surface area contributed by atoms with E-state index in [2.05, 4.69) is 0 Å². The molecule has 2 nitrogen and oxygen atoms in total. The number of nitrogens with two attached hydrogens (primary N) is 1. The summed E-state index contributed by atoms with van der Waals surface area (Å²) in [7, 11) is 1.51. The molecule has 5 heteroatoms. The van der Waals surface area contributed by atoms with Crippen molar-refractivity contribution in [1.82, 2.24) is 0 Å². The highest BCUT2D eigenvalue weighted by atomic mass is 35.5. The molecular weight excluding hydrogens is 232 g/mol. The summed E-state index contributed by atoms with van der Waals surface area (Å²) in [5, 5.41) is 0.668. The predicted molar refractivity (Wildman–Crippen MR) is 55.8 cm³/mol. The van der Waals surface area contributed by atoms with Crippen LogP contribution in [-0.2, 0) is 0 Å². The second-order valence-electron chi connectivity index (χ2n) is 2.39. The normalized spacial score (nSPS) is 12.7. The molecule has 1 rings (SSSR count). The minimum absolute atomic E-state index is 0.331. The maximum absolute atomic E-state index is 5.90. The zero-order valence-corrected chi connectivity index (χ0v) is 9.12. The molecule has 0 aliphatic carbocycles. The molecule has 2 N–H and O–H groups in total. The van der Waals surface area contributed by atoms with Gasteiger partial charge in [-0.15, -0.1) is 11.6 Å². The van der Waals surface area contributed by atoms with Gasteiger partial charge in [-0.1, -0.05) is 29.3 Å². The summed E-state index contributed by atoms with van der Waals surface area (Å²) in [5.41, 5.74) is 5.39. The zero-order chi connectivity index (χ0) is 10.0. The Bertz CT molecular complexity index is 315. The summed E-state index contributed by atoms with van der Waals surface area (Å²) in [4.78, 5) is 0. The van der Waals surface area contributed by atoms with Crippen LogP contribution in [-0.4, -0.2) is 7.11 Å². The van der Waals surface area contributed by atoms with Gasteiger partial charge in [0.25, 0.3) is 0 Å². The molecule has 0 aliphatic heterocycles. The molecule has 0 aromatic heterocycles. The summed E-state index contributed by atoms with van der Waals surface area (Å²) in [6.07, 6.45) is 0. The van der Waals surface area contributed by atoms with Crippen molar-refractivity contribution in [1.29, 1.82) is 0 Å². The lowest BCUT2D eigenvalue weighted by Gasteiger charge is -2.10. The molecule has 72 valence electrons. The lowest BCUT2D eigenvalue weighted by molar-refractivity contribution is 0.415. The van der Waals surface area contributed by atoms with Gasteiger partial charge >= 0.3 is 0 Å². The first-order chi connectivity index (χ1) is 6.07. The van der Waals surface area contributed by atoms with Crippen LogP contribution in [0.3, 0.4) is 0 Å². The van der Waals surface area contributed by atoms with Gasteiger partial charge in [0.2, 0.25) is 0 Å². The quantitative estimate of drug-likeness (QED) is 0.636. The van der Waals surface area contributed by atoms with E-state index in [-0.39, 0.29) is 0 Å². The molecule has 0 saturated carbocycles. The van der Waals surface area contributed by atoms with Crippen LogP contribution in [0.1, 0.15) is 11.1 Å². The number of hydrogen-bond donors (Lipinski definition) is 1. The molecule has 1 unspecified atom stereocenters. The molecule has 0 saturated heterocycles. The second kappa shape index (κ2) is 4.38. The maximum atomic E-state index is 5.90. The Hall–Kier alpha value is -0.150. The minimum Gasteiger partial charge on any atom is -0.495 e. The molecule has 1 atom stereocenters. The number of benzene rings is 1. The Balaban J connectivity index is 3.23. The highest BCUT2D eigenvalue weighted by molar-refractivity contribution is 6.43. The molecule has 1 aromatic rings. The van der Waals surface area contributed by atoms with E-state index in [1.165, 1.54) is 7.11 Å². The van der Waals surface area contributed by atoms with Crippen LogP contribution in [0.25, 0.3) is 0 Å². The van der Waals surface area contributed by atoms with Crippen molar-refractivity contribution in [3.8, 4) is 5.75 Å². The van der Waals surface area contributed by atoms with Crippen LogP contribution in [0, 0.1) is 0 Å². The fraction of sp³-hybridized carbons (Fsp3) is 0.250. The topological polar surface area (TPSA) is 35.2 Å². The predicted octanol–water partition coefficient (Wildman–Crippen LogP) is 3.20. The van der Waals surface area contributed by atoms with Crippen LogP contribution < -0.4 is 10.5 Å². The Morgan fingerprint density at radius 2 is 1.92 bits per heavy atom. The lowest BCUT2D eigenvalue weighted by Crippen LogP contribution is -2.03. The summed E-state index contributed by atoms with van der Waals surface area (Å²) in [6.45, 7) is 0. The average Bonchev–Trinajstić information content (AvgIpc) is 2.09. The monoisotopic (exact) mass is 239 g/mol. The third-order valence-electron chi connectivity index (χ3n) is 1.59. The highest BCUT2D eigenvalue weighted by Gasteiger charge is 2.13. The van der Waals surface area contributed by atoms with Gasteiger partial charge in [-0.05, 0) is 6.07 Å². The van der Waals surface area contributed by atoms with Gasteiger partial charge < -0.3 is 10.5 Å². The van der Waals surface area contributed by atoms with E-state index in [4.69, 9.17) is 45.3 Å². The van der Waals surface area contributed by atoms with Gasteiger partial charge in [0.05, 0.1) is 12.1 Å². The molecule has 0 aliphatic rings. The standard InChI is InChI=1S/C8H8Cl3NO/c1-13-5-3-2-4(8(11)12)6(9)7(5)10/h2-3,8H,12H2,1H3. The third kappa shape index (κ3) is 2.20. The fourth-order valence-corrected chi connectivity index (χ4v) is 1.68. The average molecular weight is 241 g/mol. The molecule has 13 heavy (non-hydrogen) atoms. The number of halogens is 3. The van der Waals surface area contributed by atoms with Gasteiger partial charge in [0.15, 0.2) is 0 Å². The smallest absolute Gasteiger partial charge is 0.139 e. The van der Waals surface area contributed by atoms with Gasteiger partial charge in [0, 0.05) is 5.56 Å². The van der Waals surface area contributed by atoms with E-state index < -0.39 is 5.50 Å². The van der Waals surface area contributed by atoms with E-state index in [0.717, 1.165) is 0 Å². The first-order valence-electron chi connectivity index (χ1n) is 3.49. The van der Waals surface area contributed by atoms with Crippen LogP contribution in [0.15, 0.2) is 12.1 Å². The zero-order valence-electron chi connectivity index (χ0n) is 6.85. The van der Waals surface area contributed by atoms with Crippen molar-refractivity contribution < 1.29 is 4.74 Å². The van der Waals surface area contributed by atoms with E-state index in [1.807, 2.05) is 0 Å². The maximum Gasteiger partial charge on any atom is 0.139 e. The van der Waals surface area contributed by atoms with Gasteiger partial charge in [-0.2, -0.15) is 0 Å². The molecule has 0 fully saturated rings. The first kappa shape index (κ1) is 10.9. The molecular formula is C8H8Cl3NO. The number of rotatable bonds is 2. The van der Waals surface area contributed by atoms with Crippen molar-refractivity contribution in [2.75, 3.05) is 7.11 Å². The molecule has 0 amide bonds. The molecule has 1 aromatic carbocycles. The Kier molecular flexibility index (Phi) is 3.68. The second-order valence-corrected chi connectivity index (χ2v) is 3.61. The number of methoxy groups -OCH3 is 1. The first-order valence-corrected chi connectivity index (χ1v) is 4.68. The van der Waals surface area contributed by atoms with Crippen molar-refractivity contribution in [3.05, 3.63) is 27.7 Å². The molecule has 0 radical (unpaired) electrons. The minimum atomic E-state index is -0.657. The third-order valence-corrected chi connectivity index (χ3v) is 2.71. The summed E-state index contributed by atoms with van der Waals surface area (Å²) < 4.78 is 4.96. The van der Waals surface area contributed by atoms with Crippen LogP contribution in [0.2, 0.25) is 10.0 Å². The highest BCUT2D eigenvalue weighted by Crippen LogP contribution is 2.37. The van der Waals surface area contributed by atoms with Crippen molar-refractivity contribution >= 4 is 34.8 Å². The van der Waals surface area contributed by atoms with Gasteiger partial charge in [-0.3, -0.25) is 0 Å². The summed E-state index contributed by atoms with van der Waals surface area (Å²) in [6, 6.07) is 3.36. The van der Waals surface area contributed by atoms with Crippen LogP contribution in [0.4, 0.5) is 0 Å². The van der Waals surface area contributed by atoms with Gasteiger partial charge in [-0.25, -0.2) is 0 Å². The Morgan fingerprint density at radius 3 is 2.38 bits per heavy atom. The van der Waals surface area contributed by atoms with Crippen molar-refractivity contribution in [3.63, 3.8) is 0 Å². The molecule has 0 spiro atoms. The van der Waals surface area contributed by atoms with Crippen LogP contribution in [0.5, 0.6) is 5.75 Å². The summed E-state index contributed by atoms with van der Waals surface area (Å²) >= 11 is 17.4. The van der Waals surface area contributed by atoms with E-state index in [1.54, 1.807) is 12.1 Å². The Morgan fingerprint density at radius 1 is 1.31 bits per heavy atom.